The lowest BCUT2D eigenvalue weighted by Gasteiger charge is -2.15. The SMILES string of the molecule is CCOc1ccc2oc(C(=O)N/N=C/c3cc(Br)c(OCc4ccccc4F)c(OCC)c3)cc2c1. The molecule has 0 aliphatic carbocycles. The fourth-order valence-corrected chi connectivity index (χ4v) is 4.02. The number of ether oxygens (including phenoxy) is 3. The Balaban J connectivity index is 1.46. The Labute approximate surface area is 216 Å². The van der Waals surface area contributed by atoms with Gasteiger partial charge in [0.2, 0.25) is 0 Å². The number of fused-ring (bicyclic) bond motifs is 1. The first-order chi connectivity index (χ1) is 17.5. The molecule has 4 aromatic rings. The zero-order chi connectivity index (χ0) is 25.5. The Kier molecular flexibility index (Phi) is 8.22. The molecule has 4 rings (SSSR count). The lowest BCUT2D eigenvalue weighted by molar-refractivity contribution is 0.0929. The van der Waals surface area contributed by atoms with Crippen molar-refractivity contribution in [2.45, 2.75) is 20.5 Å². The summed E-state index contributed by atoms with van der Waals surface area (Å²) in [6, 6.07) is 16.9. The Bertz CT molecular complexity index is 1400. The van der Waals surface area contributed by atoms with Crippen LogP contribution in [-0.4, -0.2) is 25.3 Å². The van der Waals surface area contributed by atoms with Crippen LogP contribution in [0.3, 0.4) is 0 Å². The molecule has 1 aromatic heterocycles. The number of amides is 1. The number of hydrazone groups is 1. The molecule has 0 saturated carbocycles. The number of nitrogens with one attached hydrogen (secondary N) is 1. The first kappa shape index (κ1) is 25.2. The first-order valence-corrected chi connectivity index (χ1v) is 12.1. The van der Waals surface area contributed by atoms with Gasteiger partial charge in [-0.05, 0) is 77.8 Å². The van der Waals surface area contributed by atoms with Crippen LogP contribution >= 0.6 is 15.9 Å². The van der Waals surface area contributed by atoms with Gasteiger partial charge in [0.05, 0.1) is 23.9 Å². The highest BCUT2D eigenvalue weighted by atomic mass is 79.9. The number of halogens is 2. The van der Waals surface area contributed by atoms with Crippen molar-refractivity contribution < 1.29 is 27.8 Å². The molecule has 0 aliphatic rings. The summed E-state index contributed by atoms with van der Waals surface area (Å²) >= 11 is 3.48. The molecule has 3 aromatic carbocycles. The van der Waals surface area contributed by atoms with Crippen molar-refractivity contribution in [2.24, 2.45) is 5.10 Å². The highest BCUT2D eigenvalue weighted by molar-refractivity contribution is 9.10. The number of hydrogen-bond acceptors (Lipinski definition) is 6. The third kappa shape index (κ3) is 6.04. The van der Waals surface area contributed by atoms with Gasteiger partial charge in [-0.25, -0.2) is 9.82 Å². The predicted octanol–water partition coefficient (Wildman–Crippen LogP) is 6.47. The number of benzene rings is 3. The Hall–Kier alpha value is -3.85. The summed E-state index contributed by atoms with van der Waals surface area (Å²) in [6.45, 7) is 4.74. The van der Waals surface area contributed by atoms with E-state index in [0.717, 1.165) is 5.39 Å². The Morgan fingerprint density at radius 1 is 1.06 bits per heavy atom. The third-order valence-corrected chi connectivity index (χ3v) is 5.65. The van der Waals surface area contributed by atoms with E-state index in [2.05, 4.69) is 26.5 Å². The molecule has 1 N–H and O–H groups in total. The molecule has 9 heteroatoms. The van der Waals surface area contributed by atoms with Crippen LogP contribution in [0.25, 0.3) is 11.0 Å². The smallest absolute Gasteiger partial charge is 0.307 e. The zero-order valence-corrected chi connectivity index (χ0v) is 21.3. The number of nitrogens with zero attached hydrogens (tertiary/aromatic N) is 1. The molecule has 0 atom stereocenters. The van der Waals surface area contributed by atoms with Gasteiger partial charge in [-0.15, -0.1) is 0 Å². The van der Waals surface area contributed by atoms with Crippen molar-refractivity contribution in [1.29, 1.82) is 0 Å². The summed E-state index contributed by atoms with van der Waals surface area (Å²) in [6.07, 6.45) is 1.47. The lowest BCUT2D eigenvalue weighted by atomic mass is 10.2. The van der Waals surface area contributed by atoms with Gasteiger partial charge in [-0.3, -0.25) is 4.79 Å². The van der Waals surface area contributed by atoms with E-state index in [1.807, 2.05) is 19.9 Å². The van der Waals surface area contributed by atoms with Crippen LogP contribution in [0.2, 0.25) is 0 Å². The van der Waals surface area contributed by atoms with Crippen LogP contribution in [0.1, 0.15) is 35.5 Å². The van der Waals surface area contributed by atoms with Crippen molar-refractivity contribution in [3.63, 3.8) is 0 Å². The van der Waals surface area contributed by atoms with Crippen LogP contribution in [0.5, 0.6) is 17.2 Å². The molecular formula is C27H24BrFN2O5. The van der Waals surface area contributed by atoms with Gasteiger partial charge < -0.3 is 18.6 Å². The average molecular weight is 555 g/mol. The summed E-state index contributed by atoms with van der Waals surface area (Å²) in [7, 11) is 0. The van der Waals surface area contributed by atoms with Crippen molar-refractivity contribution in [3.05, 3.63) is 87.8 Å². The Morgan fingerprint density at radius 2 is 1.86 bits per heavy atom. The van der Waals surface area contributed by atoms with Gasteiger partial charge >= 0.3 is 5.91 Å². The van der Waals surface area contributed by atoms with E-state index in [9.17, 15) is 9.18 Å². The van der Waals surface area contributed by atoms with Gasteiger partial charge in [0.1, 0.15) is 23.8 Å². The van der Waals surface area contributed by atoms with E-state index in [-0.39, 0.29) is 18.2 Å². The summed E-state index contributed by atoms with van der Waals surface area (Å²) in [5, 5.41) is 4.79. The third-order valence-electron chi connectivity index (χ3n) is 5.06. The quantitative estimate of drug-likeness (QED) is 0.179. The van der Waals surface area contributed by atoms with E-state index in [0.29, 0.717) is 51.6 Å². The monoisotopic (exact) mass is 554 g/mol. The predicted molar refractivity (Wildman–Crippen MR) is 138 cm³/mol. The summed E-state index contributed by atoms with van der Waals surface area (Å²) in [5.41, 5.74) is 4.11. The average Bonchev–Trinajstić information content (AvgIpc) is 3.29. The molecule has 0 aliphatic heterocycles. The molecule has 186 valence electrons. The second-order valence-corrected chi connectivity index (χ2v) is 8.44. The van der Waals surface area contributed by atoms with Crippen LogP contribution in [0.15, 0.2) is 74.7 Å². The molecule has 0 radical (unpaired) electrons. The molecule has 0 unspecified atom stereocenters. The number of carbonyl (C=O) groups is 1. The summed E-state index contributed by atoms with van der Waals surface area (Å²) in [5.74, 6) is 0.893. The normalized spacial score (nSPS) is 11.1. The maximum atomic E-state index is 14.0. The van der Waals surface area contributed by atoms with Crippen molar-refractivity contribution in [2.75, 3.05) is 13.2 Å². The van der Waals surface area contributed by atoms with E-state index in [1.165, 1.54) is 12.3 Å². The molecule has 0 spiro atoms. The molecular weight excluding hydrogens is 531 g/mol. The van der Waals surface area contributed by atoms with Gasteiger partial charge in [0.25, 0.3) is 0 Å². The number of furan rings is 1. The minimum absolute atomic E-state index is 0.0401. The van der Waals surface area contributed by atoms with E-state index < -0.39 is 5.91 Å². The number of hydrogen-bond donors (Lipinski definition) is 1. The molecule has 36 heavy (non-hydrogen) atoms. The molecule has 1 heterocycles. The van der Waals surface area contributed by atoms with Crippen LogP contribution in [0, 0.1) is 5.82 Å². The molecule has 7 nitrogen and oxygen atoms in total. The second-order valence-electron chi connectivity index (χ2n) is 7.59. The van der Waals surface area contributed by atoms with Gasteiger partial charge in [0, 0.05) is 10.9 Å². The van der Waals surface area contributed by atoms with E-state index >= 15 is 0 Å². The van der Waals surface area contributed by atoms with Crippen molar-refractivity contribution in [1.82, 2.24) is 5.43 Å². The van der Waals surface area contributed by atoms with Crippen LogP contribution < -0.4 is 19.6 Å². The van der Waals surface area contributed by atoms with Gasteiger partial charge in [-0.2, -0.15) is 5.10 Å². The van der Waals surface area contributed by atoms with Crippen molar-refractivity contribution >= 4 is 39.0 Å². The fraction of sp³-hybridized carbons (Fsp3) is 0.185. The minimum atomic E-state index is -0.491. The fourth-order valence-electron chi connectivity index (χ4n) is 3.44. The summed E-state index contributed by atoms with van der Waals surface area (Å²) in [4.78, 5) is 12.5. The zero-order valence-electron chi connectivity index (χ0n) is 19.7. The van der Waals surface area contributed by atoms with Gasteiger partial charge in [-0.1, -0.05) is 18.2 Å². The maximum Gasteiger partial charge on any atom is 0.307 e. The van der Waals surface area contributed by atoms with Crippen molar-refractivity contribution in [3.8, 4) is 17.2 Å². The first-order valence-electron chi connectivity index (χ1n) is 11.3. The molecule has 1 amide bonds. The second kappa shape index (κ2) is 11.7. The minimum Gasteiger partial charge on any atom is -0.494 e. The maximum absolute atomic E-state index is 14.0. The highest BCUT2D eigenvalue weighted by Crippen LogP contribution is 2.37. The topological polar surface area (TPSA) is 82.3 Å². The number of rotatable bonds is 10. The standard InChI is InChI=1S/C27H24BrFN2O5/c1-3-33-20-9-10-23-19(13-20)14-25(36-23)27(32)31-30-15-17-11-21(28)26(24(12-17)34-4-2)35-16-18-7-5-6-8-22(18)29/h5-15H,3-4,16H2,1-2H3,(H,31,32)/b30-15+. The number of carbonyl (C=O) groups excluding carboxylic acids is 1. The van der Waals surface area contributed by atoms with Crippen LogP contribution in [-0.2, 0) is 6.61 Å². The highest BCUT2D eigenvalue weighted by Gasteiger charge is 2.14. The largest absolute Gasteiger partial charge is 0.494 e. The Morgan fingerprint density at radius 3 is 2.64 bits per heavy atom. The van der Waals surface area contributed by atoms with E-state index in [4.69, 9.17) is 18.6 Å². The molecule has 0 fully saturated rings. The molecule has 0 bridgehead atoms. The van der Waals surface area contributed by atoms with E-state index in [1.54, 1.807) is 48.5 Å². The van der Waals surface area contributed by atoms with Gasteiger partial charge in [0.15, 0.2) is 17.3 Å². The summed E-state index contributed by atoms with van der Waals surface area (Å²) < 4.78 is 37.2. The lowest BCUT2D eigenvalue weighted by Crippen LogP contribution is -2.16. The van der Waals surface area contributed by atoms with Crippen LogP contribution in [0.4, 0.5) is 4.39 Å². The molecule has 0 saturated heterocycles.